The fourth-order valence-corrected chi connectivity index (χ4v) is 2.76. The highest BCUT2D eigenvalue weighted by atomic mass is 32.1. The van der Waals surface area contributed by atoms with Crippen LogP contribution in [-0.4, -0.2) is 30.7 Å². The number of thiazole rings is 1. The molecule has 0 aliphatic rings. The topological polar surface area (TPSA) is 51.4 Å². The standard InChI is InChI=1S/C17H19N3O2S/c1-4-9-21-12-5-7-14-15(10-12)22-16(19-14)8-6-13-11-18-17(23-13)20(2)3/h5-8,10-11H,4,9H2,1-3H3/b8-6+. The maximum absolute atomic E-state index is 5.76. The lowest BCUT2D eigenvalue weighted by Gasteiger charge is -2.04. The van der Waals surface area contributed by atoms with Gasteiger partial charge in [0.05, 0.1) is 6.61 Å². The molecule has 0 aliphatic heterocycles. The van der Waals surface area contributed by atoms with Gasteiger partial charge in [-0.2, -0.15) is 0 Å². The summed E-state index contributed by atoms with van der Waals surface area (Å²) in [5.74, 6) is 1.39. The Bertz CT molecular complexity index is 820. The number of anilines is 1. The van der Waals surface area contributed by atoms with Gasteiger partial charge in [-0.15, -0.1) is 0 Å². The van der Waals surface area contributed by atoms with E-state index in [9.17, 15) is 0 Å². The molecule has 23 heavy (non-hydrogen) atoms. The average Bonchev–Trinajstić information content (AvgIpc) is 3.16. The molecule has 0 unspecified atom stereocenters. The smallest absolute Gasteiger partial charge is 0.220 e. The minimum atomic E-state index is 0.576. The molecule has 3 rings (SSSR count). The van der Waals surface area contributed by atoms with Crippen LogP contribution < -0.4 is 9.64 Å². The molecule has 0 saturated carbocycles. The summed E-state index contributed by atoms with van der Waals surface area (Å²) in [6.45, 7) is 2.78. The SMILES string of the molecule is CCCOc1ccc2nc(/C=C/c3cnc(N(C)C)s3)oc2c1. The first-order valence-corrected chi connectivity index (χ1v) is 8.32. The van der Waals surface area contributed by atoms with Gasteiger partial charge in [-0.05, 0) is 24.6 Å². The Morgan fingerprint density at radius 1 is 1.30 bits per heavy atom. The molecule has 120 valence electrons. The molecule has 2 heterocycles. The van der Waals surface area contributed by atoms with Gasteiger partial charge in [0.2, 0.25) is 5.89 Å². The largest absolute Gasteiger partial charge is 0.493 e. The van der Waals surface area contributed by atoms with Crippen molar-refractivity contribution in [1.29, 1.82) is 0 Å². The molecule has 0 fully saturated rings. The van der Waals surface area contributed by atoms with Crippen LogP contribution in [0.2, 0.25) is 0 Å². The molecule has 2 aromatic heterocycles. The molecule has 3 aromatic rings. The van der Waals surface area contributed by atoms with Crippen LogP contribution in [0.4, 0.5) is 5.13 Å². The second kappa shape index (κ2) is 6.83. The quantitative estimate of drug-likeness (QED) is 0.674. The Labute approximate surface area is 139 Å². The first-order chi connectivity index (χ1) is 11.2. The van der Waals surface area contributed by atoms with Crippen molar-refractivity contribution in [2.45, 2.75) is 13.3 Å². The monoisotopic (exact) mass is 329 g/mol. The van der Waals surface area contributed by atoms with E-state index in [1.165, 1.54) is 0 Å². The van der Waals surface area contributed by atoms with Crippen molar-refractivity contribution in [2.75, 3.05) is 25.6 Å². The summed E-state index contributed by atoms with van der Waals surface area (Å²) in [6.07, 6.45) is 6.64. The highest BCUT2D eigenvalue weighted by molar-refractivity contribution is 7.16. The van der Waals surface area contributed by atoms with Crippen LogP contribution in [0.25, 0.3) is 23.3 Å². The van der Waals surface area contributed by atoms with Crippen LogP contribution in [-0.2, 0) is 0 Å². The summed E-state index contributed by atoms with van der Waals surface area (Å²) >= 11 is 1.62. The normalized spacial score (nSPS) is 11.4. The van der Waals surface area contributed by atoms with E-state index in [1.807, 2.05) is 55.5 Å². The van der Waals surface area contributed by atoms with E-state index in [1.54, 1.807) is 11.3 Å². The van der Waals surface area contributed by atoms with Gasteiger partial charge in [-0.3, -0.25) is 0 Å². The number of oxazole rings is 1. The first-order valence-electron chi connectivity index (χ1n) is 7.50. The van der Waals surface area contributed by atoms with Crippen molar-refractivity contribution in [2.24, 2.45) is 0 Å². The number of fused-ring (bicyclic) bond motifs is 1. The summed E-state index contributed by atoms with van der Waals surface area (Å²) in [5, 5.41) is 0.972. The number of rotatable bonds is 6. The predicted octanol–water partition coefficient (Wildman–Crippen LogP) is 4.31. The van der Waals surface area contributed by atoms with Crippen molar-refractivity contribution in [3.8, 4) is 5.75 Å². The van der Waals surface area contributed by atoms with E-state index in [0.717, 1.165) is 33.3 Å². The van der Waals surface area contributed by atoms with Gasteiger partial charge in [0.15, 0.2) is 10.7 Å². The van der Waals surface area contributed by atoms with Crippen molar-refractivity contribution >= 4 is 39.7 Å². The van der Waals surface area contributed by atoms with Crippen molar-refractivity contribution < 1.29 is 9.15 Å². The Morgan fingerprint density at radius 2 is 2.17 bits per heavy atom. The van der Waals surface area contributed by atoms with Crippen LogP contribution in [0.1, 0.15) is 24.1 Å². The average molecular weight is 329 g/mol. The van der Waals surface area contributed by atoms with Crippen molar-refractivity contribution in [1.82, 2.24) is 9.97 Å². The van der Waals surface area contributed by atoms with E-state index in [-0.39, 0.29) is 0 Å². The molecule has 0 radical (unpaired) electrons. The van der Waals surface area contributed by atoms with Crippen LogP contribution in [0.5, 0.6) is 5.75 Å². The first kappa shape index (κ1) is 15.6. The summed E-state index contributed by atoms with van der Waals surface area (Å²) in [5.41, 5.74) is 1.56. The number of ether oxygens (including phenoxy) is 1. The maximum atomic E-state index is 5.76. The Morgan fingerprint density at radius 3 is 2.91 bits per heavy atom. The number of benzene rings is 1. The lowest BCUT2D eigenvalue weighted by Crippen LogP contribution is -2.07. The van der Waals surface area contributed by atoms with Crippen LogP contribution in [0.15, 0.2) is 28.8 Å². The maximum Gasteiger partial charge on any atom is 0.220 e. The van der Waals surface area contributed by atoms with E-state index in [2.05, 4.69) is 16.9 Å². The number of hydrogen-bond acceptors (Lipinski definition) is 6. The molecule has 0 amide bonds. The molecular weight excluding hydrogens is 310 g/mol. The van der Waals surface area contributed by atoms with Crippen LogP contribution >= 0.6 is 11.3 Å². The molecule has 0 atom stereocenters. The molecule has 0 aliphatic carbocycles. The van der Waals surface area contributed by atoms with E-state index in [0.29, 0.717) is 12.5 Å². The van der Waals surface area contributed by atoms with E-state index >= 15 is 0 Å². The van der Waals surface area contributed by atoms with Gasteiger partial charge in [0.25, 0.3) is 0 Å². The zero-order valence-electron chi connectivity index (χ0n) is 13.4. The lowest BCUT2D eigenvalue weighted by molar-refractivity contribution is 0.317. The number of aromatic nitrogens is 2. The van der Waals surface area contributed by atoms with Gasteiger partial charge >= 0.3 is 0 Å². The summed E-state index contributed by atoms with van der Waals surface area (Å²) in [6, 6.07) is 5.71. The molecular formula is C17H19N3O2S. The minimum absolute atomic E-state index is 0.576. The third kappa shape index (κ3) is 3.71. The summed E-state index contributed by atoms with van der Waals surface area (Å²) < 4.78 is 11.4. The summed E-state index contributed by atoms with van der Waals surface area (Å²) in [7, 11) is 3.96. The zero-order chi connectivity index (χ0) is 16.2. The number of hydrogen-bond donors (Lipinski definition) is 0. The second-order valence-electron chi connectivity index (χ2n) is 5.30. The highest BCUT2D eigenvalue weighted by Gasteiger charge is 2.06. The molecule has 0 bridgehead atoms. The van der Waals surface area contributed by atoms with Gasteiger partial charge in [-0.25, -0.2) is 9.97 Å². The third-order valence-electron chi connectivity index (χ3n) is 3.13. The van der Waals surface area contributed by atoms with Gasteiger partial charge in [0.1, 0.15) is 11.3 Å². The fraction of sp³-hybridized carbons (Fsp3) is 0.294. The Balaban J connectivity index is 1.78. The second-order valence-corrected chi connectivity index (χ2v) is 6.34. The van der Waals surface area contributed by atoms with Gasteiger partial charge in [0, 0.05) is 37.3 Å². The van der Waals surface area contributed by atoms with Crippen LogP contribution in [0, 0.1) is 0 Å². The minimum Gasteiger partial charge on any atom is -0.493 e. The fourth-order valence-electron chi connectivity index (χ4n) is 2.02. The van der Waals surface area contributed by atoms with Gasteiger partial charge < -0.3 is 14.1 Å². The van der Waals surface area contributed by atoms with E-state index < -0.39 is 0 Å². The van der Waals surface area contributed by atoms with Crippen molar-refractivity contribution in [3.05, 3.63) is 35.2 Å². The Kier molecular flexibility index (Phi) is 4.62. The lowest BCUT2D eigenvalue weighted by atomic mass is 10.3. The molecule has 0 spiro atoms. The molecule has 0 saturated heterocycles. The molecule has 6 heteroatoms. The van der Waals surface area contributed by atoms with Crippen molar-refractivity contribution in [3.63, 3.8) is 0 Å². The molecule has 5 nitrogen and oxygen atoms in total. The Hall–Kier alpha value is -2.34. The van der Waals surface area contributed by atoms with Gasteiger partial charge in [-0.1, -0.05) is 18.3 Å². The zero-order valence-corrected chi connectivity index (χ0v) is 14.3. The van der Waals surface area contributed by atoms with E-state index in [4.69, 9.17) is 9.15 Å². The predicted molar refractivity (Wildman–Crippen MR) is 95.2 cm³/mol. The summed E-state index contributed by atoms with van der Waals surface area (Å²) in [4.78, 5) is 11.8. The molecule has 0 N–H and O–H groups in total. The highest BCUT2D eigenvalue weighted by Crippen LogP contribution is 2.25. The molecule has 1 aromatic carbocycles. The number of nitrogens with zero attached hydrogens (tertiary/aromatic N) is 3. The van der Waals surface area contributed by atoms with Crippen LogP contribution in [0.3, 0.4) is 0 Å². The third-order valence-corrected chi connectivity index (χ3v) is 4.26.